The maximum absolute atomic E-state index is 10.4. The smallest absolute Gasteiger partial charge is 0.332 e. The number of rotatable bonds is 6. The Hall–Kier alpha value is -1.88. The molecule has 5 heteroatoms. The highest BCUT2D eigenvalue weighted by Crippen LogP contribution is 2.29. The standard InChI is InChI=1S/C13H17N3O2/c14-13(17)16-15-7-10-1-3-11(4-2-10)8-18-9-12-5-6-12/h1-4,7,12H,5-6,8-9H2,(H3,14,16,17). The largest absolute Gasteiger partial charge is 0.376 e. The Labute approximate surface area is 106 Å². The Balaban J connectivity index is 1.76. The van der Waals surface area contributed by atoms with Crippen molar-refractivity contribution >= 4 is 12.2 Å². The van der Waals surface area contributed by atoms with Crippen molar-refractivity contribution in [2.75, 3.05) is 6.61 Å². The molecule has 0 atom stereocenters. The highest BCUT2D eigenvalue weighted by Gasteiger charge is 2.20. The molecule has 0 spiro atoms. The van der Waals surface area contributed by atoms with Crippen molar-refractivity contribution in [1.29, 1.82) is 0 Å². The molecular weight excluding hydrogens is 230 g/mol. The van der Waals surface area contributed by atoms with Gasteiger partial charge >= 0.3 is 6.03 Å². The monoisotopic (exact) mass is 247 g/mol. The predicted molar refractivity (Wildman–Crippen MR) is 69.1 cm³/mol. The van der Waals surface area contributed by atoms with Gasteiger partial charge in [-0.25, -0.2) is 10.2 Å². The van der Waals surface area contributed by atoms with Crippen LogP contribution in [0.25, 0.3) is 0 Å². The van der Waals surface area contributed by atoms with Gasteiger partial charge in [0.2, 0.25) is 0 Å². The van der Waals surface area contributed by atoms with Crippen LogP contribution < -0.4 is 11.2 Å². The highest BCUT2D eigenvalue weighted by atomic mass is 16.5. The first-order chi connectivity index (χ1) is 8.74. The first-order valence-electron chi connectivity index (χ1n) is 5.99. The molecule has 1 fully saturated rings. The number of hydrazone groups is 1. The van der Waals surface area contributed by atoms with Crippen molar-refractivity contribution in [3.8, 4) is 0 Å². The van der Waals surface area contributed by atoms with Crippen LogP contribution in [0, 0.1) is 5.92 Å². The van der Waals surface area contributed by atoms with Gasteiger partial charge in [-0.05, 0) is 29.9 Å². The minimum Gasteiger partial charge on any atom is -0.376 e. The molecule has 1 aromatic carbocycles. The van der Waals surface area contributed by atoms with Crippen LogP contribution in [0.4, 0.5) is 4.79 Å². The molecule has 0 aliphatic heterocycles. The molecule has 0 bridgehead atoms. The van der Waals surface area contributed by atoms with Crippen molar-refractivity contribution in [2.24, 2.45) is 16.8 Å². The number of carbonyl (C=O) groups excluding carboxylic acids is 1. The SMILES string of the molecule is NC(=O)NN=Cc1ccc(COCC2CC2)cc1. The van der Waals surface area contributed by atoms with E-state index in [1.165, 1.54) is 12.8 Å². The molecule has 3 N–H and O–H groups in total. The molecule has 2 rings (SSSR count). The number of nitrogens with zero attached hydrogens (tertiary/aromatic N) is 1. The Morgan fingerprint density at radius 2 is 2.17 bits per heavy atom. The van der Waals surface area contributed by atoms with Crippen LogP contribution in [0.2, 0.25) is 0 Å². The second-order valence-corrected chi connectivity index (χ2v) is 4.43. The third-order valence-corrected chi connectivity index (χ3v) is 2.69. The summed E-state index contributed by atoms with van der Waals surface area (Å²) in [5.41, 5.74) is 9.06. The summed E-state index contributed by atoms with van der Waals surface area (Å²) in [6.45, 7) is 1.51. The fraction of sp³-hybridized carbons (Fsp3) is 0.385. The van der Waals surface area contributed by atoms with Gasteiger partial charge in [0.15, 0.2) is 0 Å². The van der Waals surface area contributed by atoms with Gasteiger partial charge in [0, 0.05) is 6.61 Å². The summed E-state index contributed by atoms with van der Waals surface area (Å²) in [6, 6.07) is 7.14. The van der Waals surface area contributed by atoms with Gasteiger partial charge in [0.05, 0.1) is 12.8 Å². The number of nitrogens with one attached hydrogen (secondary N) is 1. The van der Waals surface area contributed by atoms with E-state index in [9.17, 15) is 4.79 Å². The van der Waals surface area contributed by atoms with Crippen LogP contribution in [-0.4, -0.2) is 18.9 Å². The Morgan fingerprint density at radius 1 is 1.44 bits per heavy atom. The summed E-state index contributed by atoms with van der Waals surface area (Å²) in [7, 11) is 0. The van der Waals surface area contributed by atoms with Gasteiger partial charge in [-0.15, -0.1) is 0 Å². The van der Waals surface area contributed by atoms with Crippen molar-refractivity contribution < 1.29 is 9.53 Å². The van der Waals surface area contributed by atoms with Crippen molar-refractivity contribution in [1.82, 2.24) is 5.43 Å². The molecule has 1 aromatic rings. The molecule has 18 heavy (non-hydrogen) atoms. The molecule has 0 aromatic heterocycles. The maximum Gasteiger partial charge on any atom is 0.332 e. The third-order valence-electron chi connectivity index (χ3n) is 2.69. The molecule has 0 unspecified atom stereocenters. The zero-order chi connectivity index (χ0) is 12.8. The maximum atomic E-state index is 10.4. The fourth-order valence-electron chi connectivity index (χ4n) is 1.50. The minimum absolute atomic E-state index is 0.646. The quantitative estimate of drug-likeness (QED) is 0.592. The van der Waals surface area contributed by atoms with E-state index in [4.69, 9.17) is 10.5 Å². The van der Waals surface area contributed by atoms with E-state index >= 15 is 0 Å². The van der Waals surface area contributed by atoms with E-state index in [1.54, 1.807) is 6.21 Å². The van der Waals surface area contributed by atoms with Gasteiger partial charge in [0.1, 0.15) is 0 Å². The second-order valence-electron chi connectivity index (χ2n) is 4.43. The molecule has 0 radical (unpaired) electrons. The molecule has 1 saturated carbocycles. The molecule has 96 valence electrons. The van der Waals surface area contributed by atoms with Crippen molar-refractivity contribution in [2.45, 2.75) is 19.4 Å². The summed E-state index contributed by atoms with van der Waals surface area (Å²) in [5.74, 6) is 0.788. The van der Waals surface area contributed by atoms with Crippen LogP contribution in [0.15, 0.2) is 29.4 Å². The number of hydrogen-bond acceptors (Lipinski definition) is 3. The summed E-state index contributed by atoms with van der Waals surface area (Å²) < 4.78 is 5.59. The van der Waals surface area contributed by atoms with E-state index in [-0.39, 0.29) is 0 Å². The van der Waals surface area contributed by atoms with E-state index in [0.29, 0.717) is 6.61 Å². The van der Waals surface area contributed by atoms with E-state index in [2.05, 4.69) is 10.5 Å². The van der Waals surface area contributed by atoms with Crippen LogP contribution in [-0.2, 0) is 11.3 Å². The Bertz CT molecular complexity index is 424. The summed E-state index contributed by atoms with van der Waals surface area (Å²) in [6.07, 6.45) is 4.16. The average molecular weight is 247 g/mol. The number of ether oxygens (including phenoxy) is 1. The van der Waals surface area contributed by atoms with Gasteiger partial charge < -0.3 is 10.5 Å². The number of hydrogen-bond donors (Lipinski definition) is 2. The van der Waals surface area contributed by atoms with E-state index in [1.807, 2.05) is 24.3 Å². The first-order valence-corrected chi connectivity index (χ1v) is 5.99. The van der Waals surface area contributed by atoms with Gasteiger partial charge in [-0.2, -0.15) is 5.10 Å². The number of primary amides is 1. The lowest BCUT2D eigenvalue weighted by atomic mass is 10.1. The average Bonchev–Trinajstić information content (AvgIpc) is 3.15. The third kappa shape index (κ3) is 4.55. The van der Waals surface area contributed by atoms with Crippen LogP contribution in [0.5, 0.6) is 0 Å². The highest BCUT2D eigenvalue weighted by molar-refractivity contribution is 5.81. The molecule has 2 amide bonds. The van der Waals surface area contributed by atoms with Gasteiger partial charge in [-0.3, -0.25) is 0 Å². The predicted octanol–water partition coefficient (Wildman–Crippen LogP) is 1.62. The molecule has 0 saturated heterocycles. The number of amides is 2. The lowest BCUT2D eigenvalue weighted by Gasteiger charge is -2.03. The first kappa shape index (κ1) is 12.6. The molecular formula is C13H17N3O2. The minimum atomic E-state index is -0.670. The molecule has 1 aliphatic rings. The van der Waals surface area contributed by atoms with Crippen LogP contribution in [0.3, 0.4) is 0 Å². The Kier molecular flexibility index (Phi) is 4.30. The Morgan fingerprint density at radius 3 is 2.78 bits per heavy atom. The molecule has 1 aliphatic carbocycles. The summed E-state index contributed by atoms with van der Waals surface area (Å²) in [4.78, 5) is 10.4. The number of nitrogens with two attached hydrogens (primary N) is 1. The van der Waals surface area contributed by atoms with Crippen molar-refractivity contribution in [3.63, 3.8) is 0 Å². The lowest BCUT2D eigenvalue weighted by Crippen LogP contribution is -2.24. The topological polar surface area (TPSA) is 76.7 Å². The molecule has 0 heterocycles. The number of urea groups is 1. The zero-order valence-electron chi connectivity index (χ0n) is 10.1. The van der Waals surface area contributed by atoms with E-state index < -0.39 is 6.03 Å². The van der Waals surface area contributed by atoms with E-state index in [0.717, 1.165) is 23.7 Å². The van der Waals surface area contributed by atoms with Crippen LogP contribution >= 0.6 is 0 Å². The normalized spacial score (nSPS) is 14.9. The van der Waals surface area contributed by atoms with Crippen molar-refractivity contribution in [3.05, 3.63) is 35.4 Å². The summed E-state index contributed by atoms with van der Waals surface area (Å²) in [5, 5.41) is 3.68. The zero-order valence-corrected chi connectivity index (χ0v) is 10.1. The van der Waals surface area contributed by atoms with Crippen LogP contribution in [0.1, 0.15) is 24.0 Å². The lowest BCUT2D eigenvalue weighted by molar-refractivity contribution is 0.111. The molecule has 5 nitrogen and oxygen atoms in total. The summed E-state index contributed by atoms with van der Waals surface area (Å²) >= 11 is 0. The number of carbonyl (C=O) groups is 1. The van der Waals surface area contributed by atoms with Gasteiger partial charge in [0.25, 0.3) is 0 Å². The second kappa shape index (κ2) is 6.16. The fourth-order valence-corrected chi connectivity index (χ4v) is 1.50. The number of benzene rings is 1. The van der Waals surface area contributed by atoms with Gasteiger partial charge in [-0.1, -0.05) is 24.3 Å².